The molecule has 4 heteroatoms. The van der Waals surface area contributed by atoms with E-state index in [0.29, 0.717) is 12.1 Å². The third-order valence-electron chi connectivity index (χ3n) is 2.85. The van der Waals surface area contributed by atoms with Crippen LogP contribution < -0.4 is 5.73 Å². The van der Waals surface area contributed by atoms with E-state index in [9.17, 15) is 0 Å². The second-order valence-corrected chi connectivity index (χ2v) is 4.03. The molecule has 1 fully saturated rings. The number of aromatic nitrogens is 2. The lowest BCUT2D eigenvalue weighted by Gasteiger charge is -2.27. The first kappa shape index (κ1) is 9.52. The molecule has 4 nitrogen and oxygen atoms in total. The van der Waals surface area contributed by atoms with Crippen LogP contribution in [0, 0.1) is 6.92 Å². The van der Waals surface area contributed by atoms with Crippen LogP contribution >= 0.6 is 0 Å². The van der Waals surface area contributed by atoms with E-state index in [0.717, 1.165) is 30.8 Å². The van der Waals surface area contributed by atoms with Gasteiger partial charge in [0.2, 0.25) is 0 Å². The minimum absolute atomic E-state index is 0.319. The van der Waals surface area contributed by atoms with Gasteiger partial charge in [0.25, 0.3) is 0 Å². The van der Waals surface area contributed by atoms with Crippen molar-refractivity contribution in [3.63, 3.8) is 0 Å². The molecule has 0 spiro atoms. The first-order valence-electron chi connectivity index (χ1n) is 5.09. The van der Waals surface area contributed by atoms with Gasteiger partial charge in [-0.05, 0) is 26.7 Å². The van der Waals surface area contributed by atoms with Crippen molar-refractivity contribution in [2.24, 2.45) is 0 Å². The summed E-state index contributed by atoms with van der Waals surface area (Å²) in [6, 6.07) is 0.319. The monoisotopic (exact) mass is 195 g/mol. The number of hydrogen-bond donors (Lipinski definition) is 1. The van der Waals surface area contributed by atoms with Gasteiger partial charge in [-0.15, -0.1) is 0 Å². The summed E-state index contributed by atoms with van der Waals surface area (Å²) in [6.07, 6.45) is 4.38. The van der Waals surface area contributed by atoms with Gasteiger partial charge < -0.3 is 10.5 Å². The highest BCUT2D eigenvalue weighted by Crippen LogP contribution is 2.25. The summed E-state index contributed by atoms with van der Waals surface area (Å²) in [7, 11) is 0. The molecule has 2 rings (SSSR count). The van der Waals surface area contributed by atoms with E-state index in [2.05, 4.69) is 12.0 Å². The Morgan fingerprint density at radius 2 is 2.36 bits per heavy atom. The Morgan fingerprint density at radius 3 is 2.86 bits per heavy atom. The summed E-state index contributed by atoms with van der Waals surface area (Å²) in [4.78, 5) is 0. The maximum Gasteiger partial charge on any atom is 0.125 e. The molecule has 1 aliphatic heterocycles. The second kappa shape index (κ2) is 3.61. The van der Waals surface area contributed by atoms with Gasteiger partial charge in [-0.25, -0.2) is 4.68 Å². The van der Waals surface area contributed by atoms with Crippen molar-refractivity contribution in [1.82, 2.24) is 9.78 Å². The molecule has 1 aromatic heterocycles. The fraction of sp³-hybridized carbons (Fsp3) is 0.700. The number of rotatable bonds is 1. The van der Waals surface area contributed by atoms with Crippen LogP contribution in [0.15, 0.2) is 6.20 Å². The summed E-state index contributed by atoms with van der Waals surface area (Å²) in [5.74, 6) is 0.771. The van der Waals surface area contributed by atoms with Crippen LogP contribution in [0.5, 0.6) is 0 Å². The minimum Gasteiger partial charge on any atom is -0.384 e. The molecule has 0 saturated carbocycles. The summed E-state index contributed by atoms with van der Waals surface area (Å²) in [6.45, 7) is 4.81. The fourth-order valence-corrected chi connectivity index (χ4v) is 1.81. The number of aryl methyl sites for hydroxylation is 1. The van der Waals surface area contributed by atoms with Crippen LogP contribution in [0.25, 0.3) is 0 Å². The topological polar surface area (TPSA) is 53.1 Å². The van der Waals surface area contributed by atoms with Crippen molar-refractivity contribution in [2.75, 3.05) is 12.3 Å². The molecule has 1 saturated heterocycles. The van der Waals surface area contributed by atoms with Gasteiger partial charge in [-0.2, -0.15) is 5.10 Å². The van der Waals surface area contributed by atoms with Crippen LogP contribution in [0.1, 0.15) is 31.4 Å². The molecule has 2 atom stereocenters. The number of hydrogen-bond acceptors (Lipinski definition) is 3. The zero-order chi connectivity index (χ0) is 10.1. The molecular weight excluding hydrogens is 178 g/mol. The van der Waals surface area contributed by atoms with E-state index in [1.165, 1.54) is 0 Å². The van der Waals surface area contributed by atoms with Gasteiger partial charge in [-0.3, -0.25) is 0 Å². The lowest BCUT2D eigenvalue weighted by Crippen LogP contribution is -2.27. The Kier molecular flexibility index (Phi) is 2.46. The summed E-state index contributed by atoms with van der Waals surface area (Å²) in [5.41, 5.74) is 6.96. The average molecular weight is 195 g/mol. The van der Waals surface area contributed by atoms with Gasteiger partial charge in [0.05, 0.1) is 24.9 Å². The predicted molar refractivity (Wildman–Crippen MR) is 55.1 cm³/mol. The molecule has 1 aliphatic rings. The Balaban J connectivity index is 2.12. The van der Waals surface area contributed by atoms with Crippen molar-refractivity contribution in [1.29, 1.82) is 0 Å². The maximum absolute atomic E-state index is 5.91. The van der Waals surface area contributed by atoms with Crippen molar-refractivity contribution in [2.45, 2.75) is 38.8 Å². The van der Waals surface area contributed by atoms with E-state index in [1.54, 1.807) is 0 Å². The Bertz CT molecular complexity index is 313. The van der Waals surface area contributed by atoms with Crippen LogP contribution in [-0.2, 0) is 4.74 Å². The summed E-state index contributed by atoms with van der Waals surface area (Å²) < 4.78 is 7.48. The largest absolute Gasteiger partial charge is 0.384 e. The first-order valence-corrected chi connectivity index (χ1v) is 5.09. The van der Waals surface area contributed by atoms with Crippen molar-refractivity contribution in [3.8, 4) is 0 Å². The first-order chi connectivity index (χ1) is 6.68. The number of nitrogens with zero attached hydrogens (tertiary/aromatic N) is 2. The van der Waals surface area contributed by atoms with Crippen LogP contribution in [0.4, 0.5) is 5.82 Å². The minimum atomic E-state index is 0.319. The average Bonchev–Trinajstić information content (AvgIpc) is 2.50. The van der Waals surface area contributed by atoms with Crippen molar-refractivity contribution < 1.29 is 4.74 Å². The summed E-state index contributed by atoms with van der Waals surface area (Å²) >= 11 is 0. The smallest absolute Gasteiger partial charge is 0.125 e. The number of anilines is 1. The van der Waals surface area contributed by atoms with E-state index in [1.807, 2.05) is 17.8 Å². The lowest BCUT2D eigenvalue weighted by atomic mass is 10.1. The molecule has 14 heavy (non-hydrogen) atoms. The van der Waals surface area contributed by atoms with Crippen LogP contribution in [0.2, 0.25) is 0 Å². The zero-order valence-corrected chi connectivity index (χ0v) is 8.73. The van der Waals surface area contributed by atoms with E-state index < -0.39 is 0 Å². The van der Waals surface area contributed by atoms with E-state index >= 15 is 0 Å². The summed E-state index contributed by atoms with van der Waals surface area (Å²) in [5, 5.41) is 4.28. The second-order valence-electron chi connectivity index (χ2n) is 4.03. The van der Waals surface area contributed by atoms with Crippen LogP contribution in [-0.4, -0.2) is 22.5 Å². The maximum atomic E-state index is 5.91. The highest BCUT2D eigenvalue weighted by molar-refractivity contribution is 5.37. The van der Waals surface area contributed by atoms with Crippen LogP contribution in [0.3, 0.4) is 0 Å². The van der Waals surface area contributed by atoms with Crippen molar-refractivity contribution >= 4 is 5.82 Å². The fourth-order valence-electron chi connectivity index (χ4n) is 1.81. The molecular formula is C10H17N3O. The molecule has 78 valence electrons. The van der Waals surface area contributed by atoms with Gasteiger partial charge in [-0.1, -0.05) is 0 Å². The third-order valence-corrected chi connectivity index (χ3v) is 2.85. The number of ether oxygens (including phenoxy) is 1. The third kappa shape index (κ3) is 1.62. The normalized spacial score (nSPS) is 27.9. The predicted octanol–water partition coefficient (Wildman–Crippen LogP) is 1.51. The SMILES string of the molecule is Cc1cnn(C2CCC(C)OC2)c1N. The molecule has 0 radical (unpaired) electrons. The lowest BCUT2D eigenvalue weighted by molar-refractivity contribution is -0.00311. The molecule has 2 heterocycles. The van der Waals surface area contributed by atoms with Gasteiger partial charge in [0.1, 0.15) is 5.82 Å². The number of nitrogen functional groups attached to an aromatic ring is 1. The Labute approximate surface area is 84.0 Å². The van der Waals surface area contributed by atoms with E-state index in [-0.39, 0.29) is 0 Å². The Morgan fingerprint density at radius 1 is 1.57 bits per heavy atom. The quantitative estimate of drug-likeness (QED) is 0.739. The van der Waals surface area contributed by atoms with E-state index in [4.69, 9.17) is 10.5 Å². The van der Waals surface area contributed by atoms with Gasteiger partial charge in [0.15, 0.2) is 0 Å². The van der Waals surface area contributed by atoms with Gasteiger partial charge >= 0.3 is 0 Å². The highest BCUT2D eigenvalue weighted by atomic mass is 16.5. The molecule has 0 amide bonds. The standard InChI is InChI=1S/C10H17N3O/c1-7-5-12-13(10(7)11)9-4-3-8(2)14-6-9/h5,8-9H,3-4,6,11H2,1-2H3. The molecule has 0 bridgehead atoms. The van der Waals surface area contributed by atoms with Crippen molar-refractivity contribution in [3.05, 3.63) is 11.8 Å². The van der Waals surface area contributed by atoms with Gasteiger partial charge in [0, 0.05) is 5.56 Å². The Hall–Kier alpha value is -1.03. The molecule has 1 aromatic rings. The molecule has 2 N–H and O–H groups in total. The number of nitrogens with two attached hydrogens (primary N) is 1. The molecule has 2 unspecified atom stereocenters. The molecule has 0 aromatic carbocycles. The highest BCUT2D eigenvalue weighted by Gasteiger charge is 2.22. The zero-order valence-electron chi connectivity index (χ0n) is 8.73. The molecule has 0 aliphatic carbocycles.